The Labute approximate surface area is 149 Å². The number of aryl methyl sites for hydroxylation is 2. The van der Waals surface area contributed by atoms with E-state index in [9.17, 15) is 4.79 Å². The third-order valence-corrected chi connectivity index (χ3v) is 4.10. The lowest BCUT2D eigenvalue weighted by Gasteiger charge is -2.06. The molecule has 0 bridgehead atoms. The van der Waals surface area contributed by atoms with Gasteiger partial charge >= 0.3 is 0 Å². The third-order valence-electron chi connectivity index (χ3n) is 3.34. The zero-order valence-corrected chi connectivity index (χ0v) is 14.8. The van der Waals surface area contributed by atoms with Gasteiger partial charge in [0.1, 0.15) is 0 Å². The number of anilines is 2. The molecule has 0 aromatic carbocycles. The summed E-state index contributed by atoms with van der Waals surface area (Å²) < 4.78 is 0. The second-order valence-corrected chi connectivity index (χ2v) is 6.33. The van der Waals surface area contributed by atoms with E-state index in [4.69, 9.17) is 0 Å². The molecule has 0 fully saturated rings. The highest BCUT2D eigenvalue weighted by Crippen LogP contribution is 2.24. The van der Waals surface area contributed by atoms with Crippen molar-refractivity contribution < 1.29 is 4.79 Å². The van der Waals surface area contributed by atoms with Crippen molar-refractivity contribution in [3.05, 3.63) is 47.4 Å². The van der Waals surface area contributed by atoms with Crippen LogP contribution in [0.25, 0.3) is 11.3 Å². The first kappa shape index (κ1) is 17.0. The average Bonchev–Trinajstić information content (AvgIpc) is 3.03. The Balaban J connectivity index is 1.50. The summed E-state index contributed by atoms with van der Waals surface area (Å²) in [6.07, 6.45) is 3.74. The number of carbonyl (C=O) groups excluding carboxylic acids is 1. The van der Waals surface area contributed by atoms with E-state index in [1.54, 1.807) is 12.4 Å². The number of hydrogen-bond acceptors (Lipinski definition) is 7. The first-order chi connectivity index (χ1) is 12.1. The van der Waals surface area contributed by atoms with Gasteiger partial charge in [0.2, 0.25) is 11.9 Å². The number of pyridine rings is 1. The highest BCUT2D eigenvalue weighted by atomic mass is 32.1. The fraction of sp³-hybridized carbons (Fsp3) is 0.235. The van der Waals surface area contributed by atoms with E-state index in [-0.39, 0.29) is 5.91 Å². The van der Waals surface area contributed by atoms with Crippen LogP contribution in [0, 0.1) is 13.8 Å². The highest BCUT2D eigenvalue weighted by molar-refractivity contribution is 7.14. The smallest absolute Gasteiger partial charge is 0.227 e. The highest BCUT2D eigenvalue weighted by Gasteiger charge is 2.08. The Morgan fingerprint density at radius 3 is 2.56 bits per heavy atom. The van der Waals surface area contributed by atoms with Gasteiger partial charge in [-0.05, 0) is 32.0 Å². The molecule has 3 aromatic rings. The zero-order valence-electron chi connectivity index (χ0n) is 14.0. The molecular formula is C17H18N6OS. The van der Waals surface area contributed by atoms with Gasteiger partial charge < -0.3 is 10.6 Å². The summed E-state index contributed by atoms with van der Waals surface area (Å²) in [6, 6.07) is 5.67. The van der Waals surface area contributed by atoms with Gasteiger partial charge in [0, 0.05) is 47.7 Å². The summed E-state index contributed by atoms with van der Waals surface area (Å²) in [4.78, 5) is 29.0. The van der Waals surface area contributed by atoms with Crippen molar-refractivity contribution in [2.24, 2.45) is 0 Å². The first-order valence-electron chi connectivity index (χ1n) is 7.82. The lowest BCUT2D eigenvalue weighted by Crippen LogP contribution is -2.17. The van der Waals surface area contributed by atoms with E-state index >= 15 is 0 Å². The largest absolute Gasteiger partial charge is 0.354 e. The van der Waals surface area contributed by atoms with Gasteiger partial charge in [-0.25, -0.2) is 15.0 Å². The number of carbonyl (C=O) groups is 1. The predicted molar refractivity (Wildman–Crippen MR) is 98.6 cm³/mol. The van der Waals surface area contributed by atoms with Gasteiger partial charge in [-0.15, -0.1) is 11.3 Å². The van der Waals surface area contributed by atoms with Crippen LogP contribution in [-0.4, -0.2) is 32.4 Å². The topological polar surface area (TPSA) is 92.7 Å². The number of rotatable bonds is 6. The lowest BCUT2D eigenvalue weighted by atomic mass is 10.2. The number of thiazole rings is 1. The fourth-order valence-electron chi connectivity index (χ4n) is 2.26. The molecule has 0 unspecified atom stereocenters. The molecule has 1 amide bonds. The maximum Gasteiger partial charge on any atom is 0.227 e. The summed E-state index contributed by atoms with van der Waals surface area (Å²) in [7, 11) is 0. The minimum absolute atomic E-state index is 0.104. The van der Waals surface area contributed by atoms with Crippen LogP contribution in [0.15, 0.2) is 36.0 Å². The van der Waals surface area contributed by atoms with Gasteiger partial charge in [-0.1, -0.05) is 0 Å². The fourth-order valence-corrected chi connectivity index (χ4v) is 3.00. The first-order valence-corrected chi connectivity index (χ1v) is 8.70. The van der Waals surface area contributed by atoms with Gasteiger partial charge in [0.05, 0.1) is 5.69 Å². The Hall–Kier alpha value is -2.87. The van der Waals surface area contributed by atoms with E-state index in [1.807, 2.05) is 37.4 Å². The van der Waals surface area contributed by atoms with Crippen LogP contribution >= 0.6 is 11.3 Å². The number of amides is 1. The molecule has 2 N–H and O–H groups in total. The van der Waals surface area contributed by atoms with Crippen LogP contribution in [0.5, 0.6) is 0 Å². The number of aromatic nitrogens is 4. The molecule has 0 aliphatic heterocycles. The van der Waals surface area contributed by atoms with Gasteiger partial charge in [-0.2, -0.15) is 0 Å². The molecular weight excluding hydrogens is 336 g/mol. The molecule has 0 radical (unpaired) electrons. The zero-order chi connectivity index (χ0) is 17.6. The predicted octanol–water partition coefficient (Wildman–Crippen LogP) is 3.05. The molecule has 0 saturated carbocycles. The molecule has 128 valence electrons. The summed E-state index contributed by atoms with van der Waals surface area (Å²) >= 11 is 1.40. The Bertz CT molecular complexity index is 844. The van der Waals surface area contributed by atoms with Crippen LogP contribution in [0.2, 0.25) is 0 Å². The number of hydrogen-bond donors (Lipinski definition) is 2. The van der Waals surface area contributed by atoms with Gasteiger partial charge in [0.25, 0.3) is 0 Å². The molecule has 3 rings (SSSR count). The summed E-state index contributed by atoms with van der Waals surface area (Å²) in [5.74, 6) is 0.437. The van der Waals surface area contributed by atoms with Crippen molar-refractivity contribution in [1.82, 2.24) is 19.9 Å². The van der Waals surface area contributed by atoms with Crippen molar-refractivity contribution in [2.45, 2.75) is 20.3 Å². The average molecular weight is 354 g/mol. The normalized spacial score (nSPS) is 10.5. The molecule has 0 saturated heterocycles. The summed E-state index contributed by atoms with van der Waals surface area (Å²) in [5, 5.41) is 8.37. The van der Waals surface area contributed by atoms with E-state index in [0.29, 0.717) is 24.0 Å². The monoisotopic (exact) mass is 354 g/mol. The van der Waals surface area contributed by atoms with Crippen molar-refractivity contribution in [1.29, 1.82) is 0 Å². The van der Waals surface area contributed by atoms with Crippen LogP contribution in [-0.2, 0) is 4.79 Å². The minimum atomic E-state index is -0.104. The van der Waals surface area contributed by atoms with Crippen LogP contribution in [0.1, 0.15) is 17.8 Å². The molecule has 0 aliphatic carbocycles. The minimum Gasteiger partial charge on any atom is -0.354 e. The molecule has 7 nitrogen and oxygen atoms in total. The second kappa shape index (κ2) is 7.80. The van der Waals surface area contributed by atoms with Crippen molar-refractivity contribution >= 4 is 28.3 Å². The lowest BCUT2D eigenvalue weighted by molar-refractivity contribution is -0.115. The number of nitrogens with zero attached hydrogens (tertiary/aromatic N) is 4. The standard InChI is InChI=1S/C17H18N6OS/c1-11-9-12(2)21-16(20-11)19-8-5-15(24)23-17-22-14(10-25-17)13-3-6-18-7-4-13/h3-4,6-7,9-10H,5,8H2,1-2H3,(H,19,20,21)(H,22,23,24). The third kappa shape index (κ3) is 4.80. The number of nitrogens with one attached hydrogen (secondary N) is 2. The molecule has 3 aromatic heterocycles. The summed E-state index contributed by atoms with van der Waals surface area (Å²) in [6.45, 7) is 4.28. The molecule has 0 spiro atoms. The van der Waals surface area contributed by atoms with Gasteiger partial charge in [-0.3, -0.25) is 9.78 Å². The maximum absolute atomic E-state index is 12.0. The Kier molecular flexibility index (Phi) is 5.30. The van der Waals surface area contributed by atoms with E-state index < -0.39 is 0 Å². The molecule has 25 heavy (non-hydrogen) atoms. The van der Waals surface area contributed by atoms with E-state index in [1.165, 1.54) is 11.3 Å². The second-order valence-electron chi connectivity index (χ2n) is 5.47. The van der Waals surface area contributed by atoms with Crippen LogP contribution in [0.3, 0.4) is 0 Å². The Morgan fingerprint density at radius 1 is 1.12 bits per heavy atom. The molecule has 0 atom stereocenters. The Morgan fingerprint density at radius 2 is 1.84 bits per heavy atom. The summed E-state index contributed by atoms with van der Waals surface area (Å²) in [5.41, 5.74) is 3.58. The van der Waals surface area contributed by atoms with E-state index in [2.05, 4.69) is 30.6 Å². The quantitative estimate of drug-likeness (QED) is 0.707. The molecule has 3 heterocycles. The SMILES string of the molecule is Cc1cc(C)nc(NCCC(=O)Nc2nc(-c3ccncc3)cs2)n1. The molecule has 0 aliphatic rings. The van der Waals surface area contributed by atoms with Gasteiger partial charge in [0.15, 0.2) is 5.13 Å². The molecule has 8 heteroatoms. The van der Waals surface area contributed by atoms with E-state index in [0.717, 1.165) is 22.6 Å². The maximum atomic E-state index is 12.0. The van der Waals surface area contributed by atoms with Crippen molar-refractivity contribution in [3.63, 3.8) is 0 Å². The van der Waals surface area contributed by atoms with Crippen LogP contribution < -0.4 is 10.6 Å². The van der Waals surface area contributed by atoms with Crippen LogP contribution in [0.4, 0.5) is 11.1 Å². The van der Waals surface area contributed by atoms with Crippen molar-refractivity contribution in [3.8, 4) is 11.3 Å². The van der Waals surface area contributed by atoms with Crippen molar-refractivity contribution in [2.75, 3.05) is 17.2 Å².